The summed E-state index contributed by atoms with van der Waals surface area (Å²) in [5, 5.41) is 0. The molecule has 172 valence electrons. The van der Waals surface area contributed by atoms with Crippen LogP contribution >= 0.6 is 0 Å². The minimum Gasteiger partial charge on any atom is -0.497 e. The van der Waals surface area contributed by atoms with Crippen molar-refractivity contribution in [3.63, 3.8) is 0 Å². The lowest BCUT2D eigenvalue weighted by Crippen LogP contribution is -2.42. The Morgan fingerprint density at radius 3 is 2.39 bits per heavy atom. The summed E-state index contributed by atoms with van der Waals surface area (Å²) in [4.78, 5) is 31.5. The second-order valence-electron chi connectivity index (χ2n) is 8.49. The molecular formula is C24H37N3O4. The Bertz CT molecular complexity index is 714. The number of rotatable bonds is 9. The summed E-state index contributed by atoms with van der Waals surface area (Å²) < 4.78 is 11.3. The van der Waals surface area contributed by atoms with Crippen molar-refractivity contribution < 1.29 is 19.1 Å². The molecule has 2 fully saturated rings. The van der Waals surface area contributed by atoms with Gasteiger partial charge in [-0.25, -0.2) is 0 Å². The quantitative estimate of drug-likeness (QED) is 0.601. The minimum atomic E-state index is -0.176. The fourth-order valence-corrected chi connectivity index (χ4v) is 4.62. The Kier molecular flexibility index (Phi) is 8.72. The lowest BCUT2D eigenvalue weighted by Gasteiger charge is -2.29. The summed E-state index contributed by atoms with van der Waals surface area (Å²) in [6.45, 7) is 7.53. The minimum absolute atomic E-state index is 0.00898. The van der Waals surface area contributed by atoms with Crippen LogP contribution in [0.2, 0.25) is 0 Å². The molecule has 0 aromatic heterocycles. The molecule has 1 saturated heterocycles. The number of hydrogen-bond acceptors (Lipinski definition) is 5. The highest BCUT2D eigenvalue weighted by molar-refractivity contribution is 5.79. The van der Waals surface area contributed by atoms with Crippen LogP contribution in [0.4, 0.5) is 0 Å². The summed E-state index contributed by atoms with van der Waals surface area (Å²) in [5.41, 5.74) is 1.06. The zero-order valence-corrected chi connectivity index (χ0v) is 19.2. The van der Waals surface area contributed by atoms with Crippen LogP contribution in [0, 0.1) is 0 Å². The van der Waals surface area contributed by atoms with Gasteiger partial charge in [0.2, 0.25) is 11.8 Å². The molecule has 1 heterocycles. The predicted octanol–water partition coefficient (Wildman–Crippen LogP) is 2.54. The van der Waals surface area contributed by atoms with Crippen molar-refractivity contribution in [1.29, 1.82) is 0 Å². The number of nitrogens with zero attached hydrogens (tertiary/aromatic N) is 3. The maximum Gasteiger partial charge on any atom is 0.248 e. The molecule has 0 bridgehead atoms. The molecule has 1 aromatic rings. The zero-order chi connectivity index (χ0) is 22.2. The van der Waals surface area contributed by atoms with Crippen LogP contribution in [0.3, 0.4) is 0 Å². The van der Waals surface area contributed by atoms with Gasteiger partial charge in [0.25, 0.3) is 0 Å². The number of ether oxygens (including phenoxy) is 2. The zero-order valence-electron chi connectivity index (χ0n) is 19.2. The number of amides is 2. The molecular weight excluding hydrogens is 394 g/mol. The Morgan fingerprint density at radius 1 is 1.10 bits per heavy atom. The lowest BCUT2D eigenvalue weighted by molar-refractivity contribution is -0.138. The molecule has 3 rings (SSSR count). The number of benzene rings is 1. The maximum atomic E-state index is 13.1. The van der Waals surface area contributed by atoms with E-state index in [2.05, 4.69) is 4.90 Å². The van der Waals surface area contributed by atoms with E-state index in [9.17, 15) is 9.59 Å². The standard InChI is InChI=1S/C24H37N3O4/c1-4-25(5-2)24(29)18-31-22-15-26(20-8-6-7-9-20)17-23(28)27(16-22)14-19-10-12-21(30-3)13-11-19/h10-13,20,22H,4-9,14-18H2,1-3H3/t22-/m1/s1. The van der Waals surface area contributed by atoms with Crippen molar-refractivity contribution in [3.05, 3.63) is 29.8 Å². The molecule has 1 aliphatic carbocycles. The third kappa shape index (κ3) is 6.43. The van der Waals surface area contributed by atoms with Gasteiger partial charge in [-0.3, -0.25) is 14.5 Å². The number of hydrogen-bond donors (Lipinski definition) is 0. The molecule has 0 N–H and O–H groups in total. The first-order chi connectivity index (χ1) is 15.0. The fraction of sp³-hybridized carbons (Fsp3) is 0.667. The maximum absolute atomic E-state index is 13.1. The molecule has 1 aliphatic heterocycles. The molecule has 7 nitrogen and oxygen atoms in total. The van der Waals surface area contributed by atoms with E-state index >= 15 is 0 Å². The fourth-order valence-electron chi connectivity index (χ4n) is 4.62. The van der Waals surface area contributed by atoms with Crippen LogP contribution in [0.15, 0.2) is 24.3 Å². The van der Waals surface area contributed by atoms with Crippen molar-refractivity contribution in [2.75, 3.05) is 46.4 Å². The van der Waals surface area contributed by atoms with E-state index in [0.717, 1.165) is 24.2 Å². The molecule has 31 heavy (non-hydrogen) atoms. The molecule has 1 atom stereocenters. The van der Waals surface area contributed by atoms with Gasteiger partial charge >= 0.3 is 0 Å². The monoisotopic (exact) mass is 431 g/mol. The van der Waals surface area contributed by atoms with Crippen LogP contribution < -0.4 is 4.74 Å². The van der Waals surface area contributed by atoms with Gasteiger partial charge in [0.05, 0.1) is 19.8 Å². The Labute approximate surface area is 186 Å². The summed E-state index contributed by atoms with van der Waals surface area (Å²) >= 11 is 0. The first kappa shape index (κ1) is 23.5. The highest BCUT2D eigenvalue weighted by atomic mass is 16.5. The molecule has 0 spiro atoms. The van der Waals surface area contributed by atoms with Crippen molar-refractivity contribution >= 4 is 11.8 Å². The molecule has 7 heteroatoms. The van der Waals surface area contributed by atoms with Crippen molar-refractivity contribution in [1.82, 2.24) is 14.7 Å². The average Bonchev–Trinajstić information content (AvgIpc) is 3.27. The van der Waals surface area contributed by atoms with E-state index < -0.39 is 0 Å². The second kappa shape index (κ2) is 11.5. The highest BCUT2D eigenvalue weighted by Gasteiger charge is 2.33. The van der Waals surface area contributed by atoms with Crippen molar-refractivity contribution in [2.24, 2.45) is 0 Å². The van der Waals surface area contributed by atoms with E-state index in [0.29, 0.717) is 45.3 Å². The molecule has 1 aromatic carbocycles. The van der Waals surface area contributed by atoms with E-state index in [1.165, 1.54) is 12.8 Å². The molecule has 2 amide bonds. The van der Waals surface area contributed by atoms with Crippen LogP contribution in [-0.4, -0.2) is 85.1 Å². The van der Waals surface area contributed by atoms with Crippen LogP contribution in [0.1, 0.15) is 45.1 Å². The molecule has 0 unspecified atom stereocenters. The van der Waals surface area contributed by atoms with E-state index in [4.69, 9.17) is 9.47 Å². The topological polar surface area (TPSA) is 62.3 Å². The molecule has 1 saturated carbocycles. The van der Waals surface area contributed by atoms with Crippen molar-refractivity contribution in [3.8, 4) is 5.75 Å². The summed E-state index contributed by atoms with van der Waals surface area (Å²) in [7, 11) is 1.65. The van der Waals surface area contributed by atoms with Crippen LogP contribution in [0.25, 0.3) is 0 Å². The largest absolute Gasteiger partial charge is 0.497 e. The van der Waals surface area contributed by atoms with E-state index in [1.54, 1.807) is 12.0 Å². The van der Waals surface area contributed by atoms with Gasteiger partial charge in [0.1, 0.15) is 12.4 Å². The molecule has 2 aliphatic rings. The van der Waals surface area contributed by atoms with Gasteiger partial charge in [-0.15, -0.1) is 0 Å². The third-order valence-corrected chi connectivity index (χ3v) is 6.49. The first-order valence-corrected chi connectivity index (χ1v) is 11.6. The van der Waals surface area contributed by atoms with Gasteiger partial charge in [0.15, 0.2) is 0 Å². The number of likely N-dealkylation sites (N-methyl/N-ethyl adjacent to an activating group) is 1. The third-order valence-electron chi connectivity index (χ3n) is 6.49. The first-order valence-electron chi connectivity index (χ1n) is 11.6. The normalized spacial score (nSPS) is 20.7. The average molecular weight is 432 g/mol. The smallest absolute Gasteiger partial charge is 0.248 e. The Balaban J connectivity index is 1.69. The van der Waals surface area contributed by atoms with E-state index in [1.807, 2.05) is 43.0 Å². The van der Waals surface area contributed by atoms with Crippen LogP contribution in [-0.2, 0) is 20.9 Å². The second-order valence-corrected chi connectivity index (χ2v) is 8.49. The summed E-state index contributed by atoms with van der Waals surface area (Å²) in [6.07, 6.45) is 4.53. The Morgan fingerprint density at radius 2 is 1.77 bits per heavy atom. The summed E-state index contributed by atoms with van der Waals surface area (Å²) in [6, 6.07) is 8.25. The van der Waals surface area contributed by atoms with Gasteiger partial charge in [-0.05, 0) is 44.4 Å². The SMILES string of the molecule is CCN(CC)C(=O)CO[C@H]1CN(Cc2ccc(OC)cc2)C(=O)CN(C2CCCC2)C1. The van der Waals surface area contributed by atoms with Crippen molar-refractivity contribution in [2.45, 2.75) is 58.2 Å². The van der Waals surface area contributed by atoms with E-state index in [-0.39, 0.29) is 24.5 Å². The number of carbonyl (C=O) groups excluding carboxylic acids is 2. The van der Waals surface area contributed by atoms with Crippen LogP contribution in [0.5, 0.6) is 5.75 Å². The van der Waals surface area contributed by atoms with Gasteiger partial charge in [0, 0.05) is 38.8 Å². The van der Waals surface area contributed by atoms with Gasteiger partial charge in [-0.2, -0.15) is 0 Å². The Hall–Kier alpha value is -2.12. The van der Waals surface area contributed by atoms with Gasteiger partial charge < -0.3 is 19.3 Å². The predicted molar refractivity (Wildman–Crippen MR) is 120 cm³/mol. The summed E-state index contributed by atoms with van der Waals surface area (Å²) in [5.74, 6) is 0.938. The molecule has 0 radical (unpaired) electrons. The number of carbonyl (C=O) groups is 2. The number of methoxy groups -OCH3 is 1. The van der Waals surface area contributed by atoms with Gasteiger partial charge in [-0.1, -0.05) is 25.0 Å². The highest BCUT2D eigenvalue weighted by Crippen LogP contribution is 2.25. The lowest BCUT2D eigenvalue weighted by atomic mass is 10.2.